The number of hydrogen-bond acceptors (Lipinski definition) is 4. The SMILES string of the molecule is C[n+]1ccccc1N.Nc1ccc2ncoc2c1. The van der Waals surface area contributed by atoms with Gasteiger partial charge in [0.25, 0.3) is 5.82 Å². The van der Waals surface area contributed by atoms with Crippen LogP contribution in [0.3, 0.4) is 0 Å². The van der Waals surface area contributed by atoms with Gasteiger partial charge in [-0.2, -0.15) is 0 Å². The Kier molecular flexibility index (Phi) is 3.43. The van der Waals surface area contributed by atoms with Gasteiger partial charge in [-0.15, -0.1) is 0 Å². The van der Waals surface area contributed by atoms with Gasteiger partial charge >= 0.3 is 0 Å². The van der Waals surface area contributed by atoms with E-state index in [0.29, 0.717) is 5.69 Å². The molecule has 2 heterocycles. The standard InChI is InChI=1S/C7H6N2O.C6H8N2/c8-5-1-2-6-7(3-5)10-4-9-6;1-8-5-3-2-4-6(8)7/h1-4H,8H2;2-5,7H,1H3/p+1. The van der Waals surface area contributed by atoms with Crippen LogP contribution in [0.15, 0.2) is 53.4 Å². The molecule has 0 aliphatic rings. The molecule has 0 spiro atoms. The summed E-state index contributed by atoms with van der Waals surface area (Å²) in [5, 5.41) is 0. The van der Waals surface area contributed by atoms with Crippen molar-refractivity contribution in [3.63, 3.8) is 0 Å². The molecule has 5 nitrogen and oxygen atoms in total. The van der Waals surface area contributed by atoms with Crippen LogP contribution in [0.25, 0.3) is 11.1 Å². The van der Waals surface area contributed by atoms with Gasteiger partial charge in [-0.1, -0.05) is 6.07 Å². The number of rotatable bonds is 0. The number of pyridine rings is 1. The van der Waals surface area contributed by atoms with Crippen LogP contribution >= 0.6 is 0 Å². The summed E-state index contributed by atoms with van der Waals surface area (Å²) in [6, 6.07) is 11.1. The number of aryl methyl sites for hydroxylation is 1. The lowest BCUT2D eigenvalue weighted by Gasteiger charge is -1.89. The number of nitrogen functional groups attached to an aromatic ring is 2. The summed E-state index contributed by atoms with van der Waals surface area (Å²) in [5.74, 6) is 0.785. The number of fused-ring (bicyclic) bond motifs is 1. The van der Waals surface area contributed by atoms with Crippen molar-refractivity contribution in [1.29, 1.82) is 0 Å². The lowest BCUT2D eigenvalue weighted by molar-refractivity contribution is -0.656. The Morgan fingerprint density at radius 2 is 2.00 bits per heavy atom. The zero-order valence-electron chi connectivity index (χ0n) is 10.1. The molecule has 0 aliphatic heterocycles. The second-order valence-electron chi connectivity index (χ2n) is 3.82. The molecule has 4 N–H and O–H groups in total. The van der Waals surface area contributed by atoms with Crippen molar-refractivity contribution in [2.75, 3.05) is 11.5 Å². The molecule has 92 valence electrons. The van der Waals surface area contributed by atoms with E-state index in [1.807, 2.05) is 42.1 Å². The first-order valence-electron chi connectivity index (χ1n) is 5.45. The van der Waals surface area contributed by atoms with Gasteiger partial charge in [0, 0.05) is 17.8 Å². The van der Waals surface area contributed by atoms with E-state index in [4.69, 9.17) is 15.9 Å². The van der Waals surface area contributed by atoms with E-state index in [2.05, 4.69) is 4.98 Å². The first-order chi connectivity index (χ1) is 8.66. The zero-order chi connectivity index (χ0) is 13.0. The molecule has 0 aliphatic carbocycles. The van der Waals surface area contributed by atoms with Gasteiger partial charge in [-0.05, 0) is 18.2 Å². The zero-order valence-corrected chi connectivity index (χ0v) is 10.1. The van der Waals surface area contributed by atoms with E-state index < -0.39 is 0 Å². The maximum absolute atomic E-state index is 5.50. The predicted molar refractivity (Wildman–Crippen MR) is 70.5 cm³/mol. The molecule has 18 heavy (non-hydrogen) atoms. The second kappa shape index (κ2) is 5.18. The number of benzene rings is 1. The molecule has 0 radical (unpaired) electrons. The molecule has 0 saturated carbocycles. The van der Waals surface area contributed by atoms with Crippen molar-refractivity contribution in [2.24, 2.45) is 7.05 Å². The van der Waals surface area contributed by atoms with Crippen molar-refractivity contribution >= 4 is 22.6 Å². The highest BCUT2D eigenvalue weighted by Gasteiger charge is 1.95. The maximum atomic E-state index is 5.50. The minimum atomic E-state index is 0.698. The van der Waals surface area contributed by atoms with Gasteiger partial charge in [-0.25, -0.2) is 9.55 Å². The minimum Gasteiger partial charge on any atom is -0.443 e. The predicted octanol–water partition coefficient (Wildman–Crippen LogP) is 1.50. The van der Waals surface area contributed by atoms with Crippen molar-refractivity contribution in [1.82, 2.24) is 4.98 Å². The van der Waals surface area contributed by atoms with Crippen LogP contribution in [0.2, 0.25) is 0 Å². The summed E-state index contributed by atoms with van der Waals surface area (Å²) < 4.78 is 6.87. The quantitative estimate of drug-likeness (QED) is 0.463. The third-order valence-corrected chi connectivity index (χ3v) is 2.45. The highest BCUT2D eigenvalue weighted by Crippen LogP contribution is 2.14. The van der Waals surface area contributed by atoms with Crippen LogP contribution in [0.5, 0.6) is 0 Å². The highest BCUT2D eigenvalue weighted by molar-refractivity contribution is 5.75. The molecule has 0 amide bonds. The van der Waals surface area contributed by atoms with E-state index in [0.717, 1.165) is 16.9 Å². The third-order valence-electron chi connectivity index (χ3n) is 2.45. The molecule has 1 aromatic carbocycles. The third kappa shape index (κ3) is 2.76. The van der Waals surface area contributed by atoms with Gasteiger partial charge < -0.3 is 10.2 Å². The number of aromatic nitrogens is 2. The molecule has 0 bridgehead atoms. The minimum absolute atomic E-state index is 0.698. The molecule has 0 atom stereocenters. The summed E-state index contributed by atoms with van der Waals surface area (Å²) in [6.07, 6.45) is 3.32. The van der Waals surface area contributed by atoms with Gasteiger partial charge in [0.15, 0.2) is 12.0 Å². The van der Waals surface area contributed by atoms with Crippen molar-refractivity contribution in [2.45, 2.75) is 0 Å². The van der Waals surface area contributed by atoms with E-state index in [1.165, 1.54) is 6.39 Å². The summed E-state index contributed by atoms with van der Waals surface area (Å²) in [5.41, 5.74) is 13.3. The molecule has 0 saturated heterocycles. The molecule has 2 aromatic heterocycles. The Labute approximate surface area is 105 Å². The Morgan fingerprint density at radius 1 is 1.17 bits per heavy atom. The second-order valence-corrected chi connectivity index (χ2v) is 3.82. The number of anilines is 2. The Morgan fingerprint density at radius 3 is 2.67 bits per heavy atom. The van der Waals surface area contributed by atoms with E-state index in [-0.39, 0.29) is 0 Å². The summed E-state index contributed by atoms with van der Waals surface area (Å²) in [4.78, 5) is 3.94. The number of oxazole rings is 1. The summed E-state index contributed by atoms with van der Waals surface area (Å²) in [7, 11) is 1.91. The molecular formula is C13H15N4O+. The summed E-state index contributed by atoms with van der Waals surface area (Å²) >= 11 is 0. The van der Waals surface area contributed by atoms with Crippen LogP contribution in [0.1, 0.15) is 0 Å². The van der Waals surface area contributed by atoms with Crippen molar-refractivity contribution in [3.05, 3.63) is 49.0 Å². The van der Waals surface area contributed by atoms with E-state index in [1.54, 1.807) is 12.1 Å². The fourth-order valence-electron chi connectivity index (χ4n) is 1.41. The van der Waals surface area contributed by atoms with Crippen LogP contribution in [0, 0.1) is 0 Å². The molecule has 0 fully saturated rings. The molecule has 0 unspecified atom stereocenters. The molecule has 3 aromatic rings. The Hall–Kier alpha value is -2.56. The molecule has 5 heteroatoms. The van der Waals surface area contributed by atoms with Crippen molar-refractivity contribution in [3.8, 4) is 0 Å². The van der Waals surface area contributed by atoms with Gasteiger partial charge in [0.2, 0.25) is 0 Å². The fraction of sp³-hybridized carbons (Fsp3) is 0.0769. The number of nitrogens with zero attached hydrogens (tertiary/aromatic N) is 2. The van der Waals surface area contributed by atoms with Crippen LogP contribution in [-0.2, 0) is 7.05 Å². The van der Waals surface area contributed by atoms with Crippen molar-refractivity contribution < 1.29 is 8.98 Å². The van der Waals surface area contributed by atoms with E-state index >= 15 is 0 Å². The van der Waals surface area contributed by atoms with Gasteiger partial charge in [0.05, 0.1) is 13.2 Å². The van der Waals surface area contributed by atoms with Crippen LogP contribution < -0.4 is 16.0 Å². The first kappa shape index (κ1) is 11.9. The van der Waals surface area contributed by atoms with Gasteiger partial charge in [-0.3, -0.25) is 5.73 Å². The normalized spacial score (nSPS) is 9.83. The Balaban J connectivity index is 0.000000138. The summed E-state index contributed by atoms with van der Waals surface area (Å²) in [6.45, 7) is 0. The fourth-order valence-corrected chi connectivity index (χ4v) is 1.41. The molecule has 3 rings (SSSR count). The highest BCUT2D eigenvalue weighted by atomic mass is 16.3. The van der Waals surface area contributed by atoms with Crippen LogP contribution in [0.4, 0.5) is 11.5 Å². The average Bonchev–Trinajstić information content (AvgIpc) is 2.81. The lowest BCUT2D eigenvalue weighted by Crippen LogP contribution is -2.30. The average molecular weight is 243 g/mol. The smallest absolute Gasteiger partial charge is 0.271 e. The number of nitrogens with two attached hydrogens (primary N) is 2. The maximum Gasteiger partial charge on any atom is 0.271 e. The van der Waals surface area contributed by atoms with E-state index in [9.17, 15) is 0 Å². The Bertz CT molecular complexity index is 627. The number of hydrogen-bond donors (Lipinski definition) is 2. The largest absolute Gasteiger partial charge is 0.443 e. The van der Waals surface area contributed by atoms with Crippen LogP contribution in [-0.4, -0.2) is 4.98 Å². The molecular weight excluding hydrogens is 228 g/mol. The topological polar surface area (TPSA) is 82.0 Å². The first-order valence-corrected chi connectivity index (χ1v) is 5.45. The lowest BCUT2D eigenvalue weighted by atomic mass is 10.3. The monoisotopic (exact) mass is 243 g/mol. The van der Waals surface area contributed by atoms with Gasteiger partial charge in [0.1, 0.15) is 5.52 Å².